The van der Waals surface area contributed by atoms with Gasteiger partial charge in [0, 0.05) is 25.3 Å². The van der Waals surface area contributed by atoms with E-state index in [0.717, 1.165) is 18.7 Å². The molecule has 7 heteroatoms. The molecule has 110 valence electrons. The van der Waals surface area contributed by atoms with Crippen molar-refractivity contribution in [2.45, 2.75) is 19.4 Å². The molecule has 6 nitrogen and oxygen atoms in total. The van der Waals surface area contributed by atoms with Crippen LogP contribution in [0.4, 0.5) is 15.6 Å². The van der Waals surface area contributed by atoms with E-state index >= 15 is 0 Å². The van der Waals surface area contributed by atoms with E-state index in [-0.39, 0.29) is 6.03 Å². The standard InChI is InChI=1S/C14H17N5OS/c20-13(17-14-18-16-10-21-14)15-9-11-3-5-12(6-4-11)19-7-1-2-8-19/h3-6,10H,1-2,7-9H2,(H2,15,17,18,20). The van der Waals surface area contributed by atoms with Crippen LogP contribution in [0.1, 0.15) is 18.4 Å². The average Bonchev–Trinajstić information content (AvgIpc) is 3.19. The maximum absolute atomic E-state index is 11.7. The quantitative estimate of drug-likeness (QED) is 0.910. The normalized spacial score (nSPS) is 14.2. The summed E-state index contributed by atoms with van der Waals surface area (Å²) in [5.41, 5.74) is 3.91. The fourth-order valence-corrected chi connectivity index (χ4v) is 2.79. The molecule has 0 spiro atoms. The third kappa shape index (κ3) is 3.69. The summed E-state index contributed by atoms with van der Waals surface area (Å²) in [7, 11) is 0. The Labute approximate surface area is 127 Å². The predicted octanol–water partition coefficient (Wildman–Crippen LogP) is 2.46. The summed E-state index contributed by atoms with van der Waals surface area (Å²) < 4.78 is 0. The van der Waals surface area contributed by atoms with E-state index in [1.54, 1.807) is 5.51 Å². The molecule has 0 saturated carbocycles. The number of hydrogen-bond donors (Lipinski definition) is 2. The highest BCUT2D eigenvalue weighted by atomic mass is 32.1. The van der Waals surface area contributed by atoms with Crippen molar-refractivity contribution in [3.8, 4) is 0 Å². The summed E-state index contributed by atoms with van der Waals surface area (Å²) in [6.45, 7) is 2.77. The molecular formula is C14H17N5OS. The first-order valence-electron chi connectivity index (χ1n) is 6.96. The molecule has 0 aliphatic carbocycles. The van der Waals surface area contributed by atoms with E-state index in [9.17, 15) is 4.79 Å². The molecule has 0 atom stereocenters. The van der Waals surface area contributed by atoms with Crippen LogP contribution in [0, 0.1) is 0 Å². The van der Waals surface area contributed by atoms with Crippen molar-refractivity contribution >= 4 is 28.2 Å². The van der Waals surface area contributed by atoms with Gasteiger partial charge >= 0.3 is 6.03 Å². The first kappa shape index (κ1) is 13.8. The van der Waals surface area contributed by atoms with Gasteiger partial charge in [-0.2, -0.15) is 0 Å². The first-order valence-corrected chi connectivity index (χ1v) is 7.84. The molecule has 1 aliphatic heterocycles. The van der Waals surface area contributed by atoms with Crippen LogP contribution in [0.15, 0.2) is 29.8 Å². The first-order chi connectivity index (χ1) is 10.3. The summed E-state index contributed by atoms with van der Waals surface area (Å²) in [4.78, 5) is 14.1. The lowest BCUT2D eigenvalue weighted by Crippen LogP contribution is -2.28. The van der Waals surface area contributed by atoms with Crippen LogP contribution in [0.3, 0.4) is 0 Å². The van der Waals surface area contributed by atoms with E-state index in [0.29, 0.717) is 11.7 Å². The second-order valence-electron chi connectivity index (χ2n) is 4.91. The van der Waals surface area contributed by atoms with Crippen molar-refractivity contribution in [2.24, 2.45) is 0 Å². The molecule has 2 aromatic rings. The van der Waals surface area contributed by atoms with E-state index in [1.807, 2.05) is 0 Å². The van der Waals surface area contributed by atoms with Gasteiger partial charge in [0.2, 0.25) is 5.13 Å². The van der Waals surface area contributed by atoms with Gasteiger partial charge in [-0.15, -0.1) is 10.2 Å². The second kappa shape index (κ2) is 6.53. The van der Waals surface area contributed by atoms with Gasteiger partial charge in [0.05, 0.1) is 0 Å². The van der Waals surface area contributed by atoms with Crippen LogP contribution in [0.25, 0.3) is 0 Å². The third-order valence-electron chi connectivity index (χ3n) is 3.44. The van der Waals surface area contributed by atoms with Crippen LogP contribution in [-0.2, 0) is 6.54 Å². The molecule has 1 fully saturated rings. The number of hydrogen-bond acceptors (Lipinski definition) is 5. The zero-order chi connectivity index (χ0) is 14.5. The van der Waals surface area contributed by atoms with Crippen molar-refractivity contribution in [1.82, 2.24) is 15.5 Å². The SMILES string of the molecule is O=C(NCc1ccc(N2CCCC2)cc1)Nc1nncs1. The second-order valence-corrected chi connectivity index (χ2v) is 5.75. The summed E-state index contributed by atoms with van der Waals surface area (Å²) in [6.07, 6.45) is 2.55. The highest BCUT2D eigenvalue weighted by Gasteiger charge is 2.11. The van der Waals surface area contributed by atoms with Crippen molar-refractivity contribution < 1.29 is 4.79 Å². The molecule has 0 unspecified atom stereocenters. The number of nitrogens with zero attached hydrogens (tertiary/aromatic N) is 3. The number of carbonyl (C=O) groups is 1. The Kier molecular flexibility index (Phi) is 4.30. The highest BCUT2D eigenvalue weighted by Crippen LogP contribution is 2.20. The van der Waals surface area contributed by atoms with Crippen molar-refractivity contribution in [3.05, 3.63) is 35.3 Å². The summed E-state index contributed by atoms with van der Waals surface area (Å²) >= 11 is 1.29. The third-order valence-corrected chi connectivity index (χ3v) is 4.05. The molecular weight excluding hydrogens is 286 g/mol. The Morgan fingerprint density at radius 1 is 1.24 bits per heavy atom. The lowest BCUT2D eigenvalue weighted by molar-refractivity contribution is 0.251. The van der Waals surface area contributed by atoms with Crippen molar-refractivity contribution in [3.63, 3.8) is 0 Å². The summed E-state index contributed by atoms with van der Waals surface area (Å²) in [5.74, 6) is 0. The van der Waals surface area contributed by atoms with Gasteiger partial charge in [0.1, 0.15) is 5.51 Å². The van der Waals surface area contributed by atoms with Crippen LogP contribution in [0.5, 0.6) is 0 Å². The lowest BCUT2D eigenvalue weighted by Gasteiger charge is -2.17. The molecule has 2 heterocycles. The molecule has 0 radical (unpaired) electrons. The zero-order valence-electron chi connectivity index (χ0n) is 11.6. The number of urea groups is 1. The van der Waals surface area contributed by atoms with Crippen LogP contribution in [0.2, 0.25) is 0 Å². The molecule has 1 aliphatic rings. The van der Waals surface area contributed by atoms with E-state index in [2.05, 4.69) is 50.0 Å². The van der Waals surface area contributed by atoms with Crippen LogP contribution >= 0.6 is 11.3 Å². The Balaban J connectivity index is 1.49. The Bertz CT molecular complexity index is 578. The topological polar surface area (TPSA) is 70.2 Å². The number of anilines is 2. The van der Waals surface area contributed by atoms with E-state index < -0.39 is 0 Å². The van der Waals surface area contributed by atoms with Crippen LogP contribution < -0.4 is 15.5 Å². The number of aromatic nitrogens is 2. The molecule has 3 rings (SSSR count). The predicted molar refractivity (Wildman–Crippen MR) is 83.7 cm³/mol. The smallest absolute Gasteiger partial charge is 0.321 e. The van der Waals surface area contributed by atoms with Gasteiger partial charge < -0.3 is 10.2 Å². The molecule has 1 saturated heterocycles. The molecule has 1 aromatic carbocycles. The van der Waals surface area contributed by atoms with Gasteiger partial charge in [-0.3, -0.25) is 5.32 Å². The number of rotatable bonds is 4. The summed E-state index contributed by atoms with van der Waals surface area (Å²) in [5, 5.41) is 13.4. The Morgan fingerprint density at radius 3 is 2.67 bits per heavy atom. The number of carbonyl (C=O) groups excluding carboxylic acids is 1. The Hall–Kier alpha value is -2.15. The van der Waals surface area contributed by atoms with Crippen molar-refractivity contribution in [1.29, 1.82) is 0 Å². The maximum Gasteiger partial charge on any atom is 0.321 e. The Morgan fingerprint density at radius 2 is 2.00 bits per heavy atom. The van der Waals surface area contributed by atoms with Gasteiger partial charge in [-0.25, -0.2) is 4.79 Å². The molecule has 21 heavy (non-hydrogen) atoms. The van der Waals surface area contributed by atoms with Crippen LogP contribution in [-0.4, -0.2) is 29.3 Å². The minimum atomic E-state index is -0.268. The average molecular weight is 303 g/mol. The highest BCUT2D eigenvalue weighted by molar-refractivity contribution is 7.13. The number of benzene rings is 1. The molecule has 1 aromatic heterocycles. The maximum atomic E-state index is 11.7. The van der Waals surface area contributed by atoms with Gasteiger partial charge in [0.15, 0.2) is 0 Å². The minimum absolute atomic E-state index is 0.268. The van der Waals surface area contributed by atoms with E-state index in [1.165, 1.54) is 29.9 Å². The van der Waals surface area contributed by atoms with Gasteiger partial charge in [-0.1, -0.05) is 23.5 Å². The minimum Gasteiger partial charge on any atom is -0.372 e. The monoisotopic (exact) mass is 303 g/mol. The molecule has 0 bridgehead atoms. The fraction of sp³-hybridized carbons (Fsp3) is 0.357. The molecule has 2 amide bonds. The lowest BCUT2D eigenvalue weighted by atomic mass is 10.2. The largest absolute Gasteiger partial charge is 0.372 e. The van der Waals surface area contributed by atoms with Crippen molar-refractivity contribution in [2.75, 3.05) is 23.3 Å². The van der Waals surface area contributed by atoms with Gasteiger partial charge in [-0.05, 0) is 30.5 Å². The zero-order valence-corrected chi connectivity index (χ0v) is 12.4. The van der Waals surface area contributed by atoms with Gasteiger partial charge in [0.25, 0.3) is 0 Å². The fourth-order valence-electron chi connectivity index (χ4n) is 2.35. The number of amides is 2. The van der Waals surface area contributed by atoms with E-state index in [4.69, 9.17) is 0 Å². The summed E-state index contributed by atoms with van der Waals surface area (Å²) in [6, 6.07) is 8.07. The number of nitrogens with one attached hydrogen (secondary N) is 2. The molecule has 2 N–H and O–H groups in total.